The zero-order chi connectivity index (χ0) is 19.0. The summed E-state index contributed by atoms with van der Waals surface area (Å²) in [6, 6.07) is 10.1. The monoisotopic (exact) mass is 370 g/mol. The van der Waals surface area contributed by atoms with E-state index in [1.807, 2.05) is 33.8 Å². The van der Waals surface area contributed by atoms with Crippen LogP contribution in [0.25, 0.3) is 0 Å². The number of carbonyl (C=O) groups is 1. The lowest BCUT2D eigenvalue weighted by Crippen LogP contribution is -2.63. The van der Waals surface area contributed by atoms with Crippen LogP contribution in [-0.2, 0) is 19.7 Å². The molecule has 0 unspecified atom stereocenters. The third-order valence-corrected chi connectivity index (χ3v) is 5.60. The van der Waals surface area contributed by atoms with Crippen LogP contribution in [-0.4, -0.2) is 41.4 Å². The van der Waals surface area contributed by atoms with Crippen LogP contribution in [0.2, 0.25) is 0 Å². The van der Waals surface area contributed by atoms with E-state index in [2.05, 4.69) is 41.5 Å². The van der Waals surface area contributed by atoms with Crippen molar-refractivity contribution in [2.24, 2.45) is 0 Å². The molecule has 25 heavy (non-hydrogen) atoms. The van der Waals surface area contributed by atoms with Gasteiger partial charge in [-0.1, -0.05) is 44.2 Å². The smallest absolute Gasteiger partial charge is 0.357 e. The average Bonchev–Trinajstić information content (AvgIpc) is 2.62. The summed E-state index contributed by atoms with van der Waals surface area (Å²) in [6.07, 6.45) is 2.01. The molecule has 1 rings (SSSR count). The summed E-state index contributed by atoms with van der Waals surface area (Å²) in [6.45, 7) is 11.6. The summed E-state index contributed by atoms with van der Waals surface area (Å²) < 4.78 is 16.5. The minimum Gasteiger partial charge on any atom is -0.357 e. The van der Waals surface area contributed by atoms with E-state index in [1.165, 1.54) is 5.56 Å². The second-order valence-electron chi connectivity index (χ2n) is 5.08. The van der Waals surface area contributed by atoms with Gasteiger partial charge in [0.25, 0.3) is 0 Å². The zero-order valence-corrected chi connectivity index (χ0v) is 17.3. The fourth-order valence-corrected chi connectivity index (χ4v) is 3.91. The highest BCUT2D eigenvalue weighted by Crippen LogP contribution is 2.06. The molecule has 0 radical (unpaired) electrons. The number of amides is 2. The number of carbonyl (C=O) groups excluding carboxylic acids is 1. The highest BCUT2D eigenvalue weighted by atomic mass is 28.4. The van der Waals surface area contributed by atoms with Crippen molar-refractivity contribution in [3.63, 3.8) is 0 Å². The third kappa shape index (κ3) is 10.9. The summed E-state index contributed by atoms with van der Waals surface area (Å²) in [5, 5.41) is 2.71. The molecule has 2 amide bonds. The molecule has 0 bridgehead atoms. The molecular formula is C18H34N2O4Si. The Morgan fingerprint density at radius 2 is 1.44 bits per heavy atom. The molecule has 0 atom stereocenters. The predicted molar refractivity (Wildman–Crippen MR) is 103 cm³/mol. The van der Waals surface area contributed by atoms with E-state index < -0.39 is 8.97 Å². The Kier molecular flexibility index (Phi) is 14.0. The molecule has 6 nitrogen and oxygen atoms in total. The van der Waals surface area contributed by atoms with Crippen molar-refractivity contribution < 1.29 is 18.1 Å². The van der Waals surface area contributed by atoms with E-state index in [0.29, 0.717) is 26.4 Å². The van der Waals surface area contributed by atoms with Crippen LogP contribution in [0, 0.1) is 0 Å². The first-order valence-electron chi connectivity index (χ1n) is 9.09. The lowest BCUT2D eigenvalue weighted by molar-refractivity contribution is 0.0631. The first kappa shape index (κ1) is 23.6. The highest BCUT2D eigenvalue weighted by Gasteiger charge is 2.44. The SMILES string of the molecule is CCCNC(=O)N[Si](OCC)(OCC)OCC.CCc1ccccc1. The molecule has 0 aliphatic rings. The molecule has 0 fully saturated rings. The molecule has 0 spiro atoms. The minimum absolute atomic E-state index is 0.311. The fraction of sp³-hybridized carbons (Fsp3) is 0.611. The Bertz CT molecular complexity index is 429. The van der Waals surface area contributed by atoms with Crippen LogP contribution in [0.4, 0.5) is 4.79 Å². The van der Waals surface area contributed by atoms with Gasteiger partial charge in [-0.3, -0.25) is 4.98 Å². The molecule has 144 valence electrons. The summed E-state index contributed by atoms with van der Waals surface area (Å²) >= 11 is 0. The Morgan fingerprint density at radius 1 is 0.920 bits per heavy atom. The molecule has 0 saturated heterocycles. The lowest BCUT2D eigenvalue weighted by Gasteiger charge is -2.27. The van der Waals surface area contributed by atoms with Crippen molar-refractivity contribution in [1.29, 1.82) is 0 Å². The van der Waals surface area contributed by atoms with Crippen LogP contribution in [0.3, 0.4) is 0 Å². The Hall–Kier alpha value is -1.41. The van der Waals surface area contributed by atoms with Crippen molar-refractivity contribution in [3.8, 4) is 0 Å². The second kappa shape index (κ2) is 14.9. The maximum Gasteiger partial charge on any atom is 0.634 e. The summed E-state index contributed by atoms with van der Waals surface area (Å²) in [7, 11) is -3.07. The molecule has 0 aliphatic heterocycles. The summed E-state index contributed by atoms with van der Waals surface area (Å²) in [5.74, 6) is 0. The standard InChI is InChI=1S/C10H24N2O4Si.C8H10/c1-5-9-11-10(13)12-17(14-6-2,15-7-3)16-8-4;1-2-8-6-4-3-5-7-8/h5-9H2,1-4H3,(H2,11,12,13);3-7H,2H2,1H3. The fourth-order valence-electron chi connectivity index (χ4n) is 1.94. The molecule has 0 saturated carbocycles. The molecule has 0 heterocycles. The third-order valence-electron chi connectivity index (χ3n) is 3.06. The Labute approximate surface area is 153 Å². The number of hydrogen-bond donors (Lipinski definition) is 2. The lowest BCUT2D eigenvalue weighted by atomic mass is 10.2. The molecule has 0 aliphatic carbocycles. The van der Waals surface area contributed by atoms with Crippen LogP contribution in [0.15, 0.2) is 30.3 Å². The number of aryl methyl sites for hydroxylation is 1. The van der Waals surface area contributed by atoms with Crippen LogP contribution >= 0.6 is 0 Å². The quantitative estimate of drug-likeness (QED) is 0.619. The van der Waals surface area contributed by atoms with Crippen LogP contribution in [0.1, 0.15) is 46.6 Å². The van der Waals surface area contributed by atoms with E-state index in [1.54, 1.807) is 0 Å². The molecule has 7 heteroatoms. The number of benzene rings is 1. The Morgan fingerprint density at radius 3 is 1.80 bits per heavy atom. The van der Waals surface area contributed by atoms with Gasteiger partial charge in [0.1, 0.15) is 0 Å². The number of hydrogen-bond acceptors (Lipinski definition) is 4. The average molecular weight is 371 g/mol. The topological polar surface area (TPSA) is 68.8 Å². The number of rotatable bonds is 10. The van der Waals surface area contributed by atoms with Gasteiger partial charge < -0.3 is 18.6 Å². The van der Waals surface area contributed by atoms with Gasteiger partial charge in [0.15, 0.2) is 0 Å². The minimum atomic E-state index is -3.07. The maximum atomic E-state index is 11.6. The van der Waals surface area contributed by atoms with Gasteiger partial charge in [-0.15, -0.1) is 0 Å². The molecular weight excluding hydrogens is 336 g/mol. The van der Waals surface area contributed by atoms with Crippen LogP contribution in [0.5, 0.6) is 0 Å². The number of urea groups is 1. The van der Waals surface area contributed by atoms with E-state index in [4.69, 9.17) is 13.3 Å². The van der Waals surface area contributed by atoms with Gasteiger partial charge >= 0.3 is 15.0 Å². The van der Waals surface area contributed by atoms with E-state index in [0.717, 1.165) is 12.8 Å². The van der Waals surface area contributed by atoms with Gasteiger partial charge in [-0.2, -0.15) is 0 Å². The second-order valence-corrected chi connectivity index (χ2v) is 7.30. The Balaban J connectivity index is 0.000000593. The van der Waals surface area contributed by atoms with Crippen molar-refractivity contribution in [1.82, 2.24) is 10.3 Å². The molecule has 0 aromatic heterocycles. The molecule has 1 aromatic rings. The normalized spacial score (nSPS) is 10.6. The van der Waals surface area contributed by atoms with Crippen molar-refractivity contribution in [2.45, 2.75) is 47.5 Å². The molecule has 1 aromatic carbocycles. The largest absolute Gasteiger partial charge is 0.634 e. The van der Waals surface area contributed by atoms with E-state index in [-0.39, 0.29) is 6.03 Å². The van der Waals surface area contributed by atoms with Gasteiger partial charge in [0.05, 0.1) is 0 Å². The maximum absolute atomic E-state index is 11.6. The van der Waals surface area contributed by atoms with Gasteiger partial charge in [-0.05, 0) is 39.2 Å². The van der Waals surface area contributed by atoms with Gasteiger partial charge in [0.2, 0.25) is 0 Å². The van der Waals surface area contributed by atoms with Crippen molar-refractivity contribution in [3.05, 3.63) is 35.9 Å². The zero-order valence-electron chi connectivity index (χ0n) is 16.3. The summed E-state index contributed by atoms with van der Waals surface area (Å²) in [5.41, 5.74) is 1.41. The predicted octanol–water partition coefficient (Wildman–Crippen LogP) is 3.49. The first-order valence-corrected chi connectivity index (χ1v) is 10.8. The molecule has 2 N–H and O–H groups in total. The first-order chi connectivity index (χ1) is 12.1. The van der Waals surface area contributed by atoms with E-state index >= 15 is 0 Å². The highest BCUT2D eigenvalue weighted by molar-refractivity contribution is 6.60. The van der Waals surface area contributed by atoms with Gasteiger partial charge in [-0.25, -0.2) is 4.79 Å². The summed E-state index contributed by atoms with van der Waals surface area (Å²) in [4.78, 5) is 14.3. The van der Waals surface area contributed by atoms with Crippen molar-refractivity contribution >= 4 is 15.0 Å². The van der Waals surface area contributed by atoms with E-state index in [9.17, 15) is 4.79 Å². The van der Waals surface area contributed by atoms with Crippen LogP contribution < -0.4 is 10.3 Å². The van der Waals surface area contributed by atoms with Crippen molar-refractivity contribution in [2.75, 3.05) is 26.4 Å². The number of nitrogens with one attached hydrogen (secondary N) is 2. The van der Waals surface area contributed by atoms with Gasteiger partial charge in [0, 0.05) is 26.4 Å².